The van der Waals surface area contributed by atoms with Gasteiger partial charge < -0.3 is 20.1 Å². The fourth-order valence-corrected chi connectivity index (χ4v) is 4.78. The molecule has 2 heterocycles. The van der Waals surface area contributed by atoms with Crippen molar-refractivity contribution in [1.82, 2.24) is 20.4 Å². The minimum absolute atomic E-state index is 0.0768. The van der Waals surface area contributed by atoms with E-state index >= 15 is 0 Å². The maximum Gasteiger partial charge on any atom is 0.314 e. The van der Waals surface area contributed by atoms with Crippen molar-refractivity contribution in [3.05, 3.63) is 65.0 Å². The number of anilines is 3. The van der Waals surface area contributed by atoms with Crippen molar-refractivity contribution in [3.63, 3.8) is 0 Å². The molecule has 41 heavy (non-hydrogen) atoms. The van der Waals surface area contributed by atoms with Gasteiger partial charge >= 0.3 is 4.84 Å². The van der Waals surface area contributed by atoms with Gasteiger partial charge in [0.2, 0.25) is 17.7 Å². The Hall–Kier alpha value is -4.35. The van der Waals surface area contributed by atoms with Crippen molar-refractivity contribution >= 4 is 57.8 Å². The van der Waals surface area contributed by atoms with E-state index in [1.54, 1.807) is 18.2 Å². The summed E-state index contributed by atoms with van der Waals surface area (Å²) < 4.78 is 5.03. The maximum atomic E-state index is 13.2. The van der Waals surface area contributed by atoms with Gasteiger partial charge in [0, 0.05) is 30.1 Å². The molecule has 11 heteroatoms. The quantitative estimate of drug-likeness (QED) is 0.195. The molecule has 0 bridgehead atoms. The van der Waals surface area contributed by atoms with Gasteiger partial charge in [-0.2, -0.15) is 4.98 Å². The van der Waals surface area contributed by atoms with Gasteiger partial charge in [0.1, 0.15) is 6.42 Å². The number of benzene rings is 3. The van der Waals surface area contributed by atoms with Gasteiger partial charge in [-0.25, -0.2) is 5.16 Å². The monoisotopic (exact) mass is 574 g/mol. The highest BCUT2D eigenvalue weighted by molar-refractivity contribution is 7.71. The summed E-state index contributed by atoms with van der Waals surface area (Å²) in [7, 11) is 0. The summed E-state index contributed by atoms with van der Waals surface area (Å²) in [6, 6.07) is 16.6. The molecule has 1 aliphatic rings. The molecule has 0 saturated heterocycles. The number of hydrogen-bond acceptors (Lipinski definition) is 7. The average Bonchev–Trinajstić information content (AvgIpc) is 3.35. The van der Waals surface area contributed by atoms with Gasteiger partial charge in [-0.15, -0.1) is 0 Å². The van der Waals surface area contributed by atoms with Crippen LogP contribution in [0.1, 0.15) is 39.7 Å². The molecule has 0 unspecified atom stereocenters. The van der Waals surface area contributed by atoms with Crippen molar-refractivity contribution in [1.29, 1.82) is 0 Å². The van der Waals surface area contributed by atoms with Crippen LogP contribution in [0.25, 0.3) is 22.2 Å². The topological polar surface area (TPSA) is 124 Å². The molecule has 0 spiro atoms. The molecule has 4 aromatic rings. The Labute approximate surface area is 243 Å². The van der Waals surface area contributed by atoms with E-state index in [2.05, 4.69) is 46.4 Å². The lowest BCUT2D eigenvalue weighted by Crippen LogP contribution is -2.26. The molecule has 3 amide bonds. The number of carbonyl (C=O) groups is 3. The molecule has 0 saturated carbocycles. The van der Waals surface area contributed by atoms with Crippen LogP contribution >= 0.6 is 12.2 Å². The molecule has 5 rings (SSSR count). The molecule has 3 N–H and O–H groups in total. The van der Waals surface area contributed by atoms with E-state index in [0.717, 1.165) is 16.3 Å². The summed E-state index contributed by atoms with van der Waals surface area (Å²) >= 11 is 4.94. The molecule has 0 atom stereocenters. The minimum Gasteiger partial charge on any atom is -0.352 e. The third kappa shape index (κ3) is 7.05. The van der Waals surface area contributed by atoms with E-state index in [1.807, 2.05) is 36.4 Å². The molecule has 0 aliphatic carbocycles. The minimum atomic E-state index is -0.398. The molecule has 0 fully saturated rings. The van der Waals surface area contributed by atoms with Gasteiger partial charge in [0.15, 0.2) is 5.82 Å². The maximum absolute atomic E-state index is 13.2. The van der Waals surface area contributed by atoms with Gasteiger partial charge in [-0.3, -0.25) is 19.3 Å². The molecule has 10 nitrogen and oxygen atoms in total. The smallest absolute Gasteiger partial charge is 0.314 e. The van der Waals surface area contributed by atoms with Gasteiger partial charge in [0.05, 0.1) is 11.4 Å². The van der Waals surface area contributed by atoms with Gasteiger partial charge in [-0.05, 0) is 67.1 Å². The zero-order valence-electron chi connectivity index (χ0n) is 23.6. The highest BCUT2D eigenvalue weighted by atomic mass is 32.1. The standard InChI is InChI=1S/C24H19N5O4S.C6H15N/c1-13(30)25-12-14-5-6-15-7-8-19-22(18(15)9-14)26-20(31)11-21(32)29(19)17-4-2-3-16(10-17)23-27-24(34)33-28-23;1-4-7(5-2)6-3/h2-10H,11-12H2,1H3,(H,25,30)(H,26,31)(H,27,28,34);4-6H2,1-3H3. The predicted octanol–water partition coefficient (Wildman–Crippen LogP) is 5.54. The van der Waals surface area contributed by atoms with Crippen LogP contribution in [0.2, 0.25) is 0 Å². The van der Waals surface area contributed by atoms with E-state index < -0.39 is 5.91 Å². The zero-order chi connectivity index (χ0) is 29.5. The normalized spacial score (nSPS) is 12.9. The molecule has 3 aromatic carbocycles. The second-order valence-electron chi connectivity index (χ2n) is 9.48. The number of amides is 3. The number of nitrogens with one attached hydrogen (secondary N) is 3. The molecular weight excluding hydrogens is 540 g/mol. The molecule has 214 valence electrons. The van der Waals surface area contributed by atoms with E-state index in [9.17, 15) is 14.4 Å². The Bertz CT molecular complexity index is 1620. The highest BCUT2D eigenvalue weighted by Gasteiger charge is 2.29. The Morgan fingerprint density at radius 2 is 1.80 bits per heavy atom. The summed E-state index contributed by atoms with van der Waals surface area (Å²) in [4.78, 5) is 45.2. The molecule has 1 aliphatic heterocycles. The fraction of sp³-hybridized carbons (Fsp3) is 0.300. The van der Waals surface area contributed by atoms with Gasteiger partial charge in [0.25, 0.3) is 0 Å². The fourth-order valence-electron chi connectivity index (χ4n) is 4.64. The van der Waals surface area contributed by atoms with Crippen LogP contribution in [0.3, 0.4) is 0 Å². The molecule has 0 radical (unpaired) electrons. The van der Waals surface area contributed by atoms with E-state index in [0.29, 0.717) is 35.0 Å². The number of carbonyl (C=O) groups excluding carboxylic acids is 3. The summed E-state index contributed by atoms with van der Waals surface area (Å²) in [5.41, 5.74) is 3.19. The van der Waals surface area contributed by atoms with Crippen LogP contribution in [0.5, 0.6) is 0 Å². The molecule has 1 aromatic heterocycles. The first kappa shape index (κ1) is 29.6. The van der Waals surface area contributed by atoms with Crippen LogP contribution in [-0.2, 0) is 20.9 Å². The lowest BCUT2D eigenvalue weighted by Gasteiger charge is -2.24. The van der Waals surface area contributed by atoms with Crippen molar-refractivity contribution in [3.8, 4) is 11.4 Å². The second-order valence-corrected chi connectivity index (χ2v) is 9.83. The summed E-state index contributed by atoms with van der Waals surface area (Å²) in [6.45, 7) is 11.9. The lowest BCUT2D eigenvalue weighted by atomic mass is 10.0. The van der Waals surface area contributed by atoms with Crippen molar-refractivity contribution in [2.45, 2.75) is 40.7 Å². The number of rotatable bonds is 7. The Kier molecular flexibility index (Phi) is 9.64. The van der Waals surface area contributed by atoms with Crippen LogP contribution in [0, 0.1) is 4.84 Å². The highest BCUT2D eigenvalue weighted by Crippen LogP contribution is 2.41. The third-order valence-corrected chi connectivity index (χ3v) is 7.00. The lowest BCUT2D eigenvalue weighted by molar-refractivity contribution is -0.124. The zero-order valence-corrected chi connectivity index (χ0v) is 24.4. The number of hydrogen-bond donors (Lipinski definition) is 3. The van der Waals surface area contributed by atoms with Gasteiger partial charge in [-0.1, -0.05) is 51.1 Å². The van der Waals surface area contributed by atoms with E-state index in [4.69, 9.17) is 16.7 Å². The summed E-state index contributed by atoms with van der Waals surface area (Å²) in [5.74, 6) is -0.463. The number of aromatic nitrogens is 2. The average molecular weight is 575 g/mol. The number of aromatic amines is 1. The SMILES string of the molecule is CC(=O)NCc1ccc2ccc3c(c2c1)NC(=O)CC(=O)N3c1cccc(-c2nc(=S)o[nH]2)c1.CCN(CC)CC. The first-order valence-electron chi connectivity index (χ1n) is 13.5. The largest absolute Gasteiger partial charge is 0.352 e. The Morgan fingerprint density at radius 1 is 1.07 bits per heavy atom. The molecular formula is C30H34N6O4S. The first-order chi connectivity index (χ1) is 19.7. The van der Waals surface area contributed by atoms with Crippen LogP contribution < -0.4 is 15.5 Å². The summed E-state index contributed by atoms with van der Waals surface area (Å²) in [5, 5.41) is 10.0. The van der Waals surface area contributed by atoms with Crippen LogP contribution in [-0.4, -0.2) is 52.4 Å². The number of H-pyrrole nitrogens is 1. The Balaban J connectivity index is 0.000000493. The predicted molar refractivity (Wildman–Crippen MR) is 162 cm³/mol. The van der Waals surface area contributed by atoms with Crippen molar-refractivity contribution in [2.75, 3.05) is 29.9 Å². The van der Waals surface area contributed by atoms with Crippen LogP contribution in [0.15, 0.2) is 59.1 Å². The van der Waals surface area contributed by atoms with E-state index in [1.165, 1.54) is 31.5 Å². The van der Waals surface area contributed by atoms with E-state index in [-0.39, 0.29) is 23.1 Å². The summed E-state index contributed by atoms with van der Waals surface area (Å²) in [6.07, 6.45) is -0.307. The van der Waals surface area contributed by atoms with Crippen LogP contribution in [0.4, 0.5) is 17.1 Å². The number of nitrogens with zero attached hydrogens (tertiary/aromatic N) is 3. The second kappa shape index (κ2) is 13.3. The Morgan fingerprint density at radius 3 is 2.44 bits per heavy atom. The van der Waals surface area contributed by atoms with Crippen molar-refractivity contribution in [2.24, 2.45) is 0 Å². The third-order valence-electron chi connectivity index (χ3n) is 6.83. The first-order valence-corrected chi connectivity index (χ1v) is 14.0. The number of fused-ring (bicyclic) bond motifs is 3. The van der Waals surface area contributed by atoms with Crippen molar-refractivity contribution < 1.29 is 18.9 Å².